The number of non-ortho nitro benzene ring substituents is 2. The summed E-state index contributed by atoms with van der Waals surface area (Å²) in [6.45, 7) is 0.311. The molecule has 3 atom stereocenters. The number of nitro groups is 2. The van der Waals surface area contributed by atoms with Gasteiger partial charge in [-0.2, -0.15) is 0 Å². The van der Waals surface area contributed by atoms with E-state index >= 15 is 0 Å². The third-order valence-electron chi connectivity index (χ3n) is 7.39. The molecule has 4 aromatic carbocycles. The molecule has 1 heterocycles. The number of rotatable bonds is 6. The van der Waals surface area contributed by atoms with Gasteiger partial charge in [-0.15, -0.1) is 0 Å². The number of benzene rings is 4. The van der Waals surface area contributed by atoms with Gasteiger partial charge >= 0.3 is 0 Å². The minimum Gasteiger partial charge on any atom is -0.489 e. The molecule has 4 aromatic rings. The summed E-state index contributed by atoms with van der Waals surface area (Å²) < 4.78 is 5.91. The molecule has 8 heteroatoms. The minimum atomic E-state index is -0.421. The Bertz CT molecular complexity index is 1500. The molecule has 1 N–H and O–H groups in total. The molecule has 0 fully saturated rings. The van der Waals surface area contributed by atoms with Crippen molar-refractivity contribution in [3.63, 3.8) is 0 Å². The van der Waals surface area contributed by atoms with Crippen LogP contribution in [0.25, 0.3) is 0 Å². The smallest absolute Gasteiger partial charge is 0.269 e. The van der Waals surface area contributed by atoms with Gasteiger partial charge in [-0.1, -0.05) is 36.4 Å². The fraction of sp³-hybridized carbons (Fsp3) is 0.172. The first-order chi connectivity index (χ1) is 18.0. The van der Waals surface area contributed by atoms with E-state index in [1.54, 1.807) is 24.3 Å². The molecule has 0 spiro atoms. The SMILES string of the molecule is O=[N+]([O-])c1ccc(COc2ccc([C@@H]3Nc4ccc([N+](=O)[O-])cc4[C@@H]4c5ccccc5C[C@@H]43)cc2)cc1. The van der Waals surface area contributed by atoms with Crippen LogP contribution >= 0.6 is 0 Å². The molecule has 0 saturated carbocycles. The van der Waals surface area contributed by atoms with Crippen LogP contribution in [0.15, 0.2) is 91.0 Å². The third kappa shape index (κ3) is 4.16. The Hall–Kier alpha value is -4.72. The molecule has 184 valence electrons. The van der Waals surface area contributed by atoms with Crippen molar-refractivity contribution in [2.24, 2.45) is 5.92 Å². The van der Waals surface area contributed by atoms with E-state index in [-0.39, 0.29) is 34.2 Å². The summed E-state index contributed by atoms with van der Waals surface area (Å²) in [5, 5.41) is 26.0. The van der Waals surface area contributed by atoms with Gasteiger partial charge in [-0.3, -0.25) is 20.2 Å². The van der Waals surface area contributed by atoms with Crippen molar-refractivity contribution in [3.05, 3.63) is 139 Å². The number of hydrogen-bond acceptors (Lipinski definition) is 6. The quantitative estimate of drug-likeness (QED) is 0.241. The second kappa shape index (κ2) is 9.05. The van der Waals surface area contributed by atoms with Crippen molar-refractivity contribution < 1.29 is 14.6 Å². The molecule has 37 heavy (non-hydrogen) atoms. The zero-order valence-corrected chi connectivity index (χ0v) is 19.7. The van der Waals surface area contributed by atoms with Crippen LogP contribution in [0.4, 0.5) is 17.1 Å². The highest BCUT2D eigenvalue weighted by Crippen LogP contribution is 2.54. The lowest BCUT2D eigenvalue weighted by molar-refractivity contribution is -0.385. The Morgan fingerprint density at radius 3 is 2.24 bits per heavy atom. The normalized spacial score (nSPS) is 19.2. The Morgan fingerprint density at radius 2 is 1.51 bits per heavy atom. The summed E-state index contributed by atoms with van der Waals surface area (Å²) >= 11 is 0. The molecule has 8 nitrogen and oxygen atoms in total. The average molecular weight is 494 g/mol. The molecule has 0 aromatic heterocycles. The van der Waals surface area contributed by atoms with E-state index in [2.05, 4.69) is 29.6 Å². The van der Waals surface area contributed by atoms with Gasteiger partial charge in [0.05, 0.1) is 15.9 Å². The Balaban J connectivity index is 1.26. The summed E-state index contributed by atoms with van der Waals surface area (Å²) in [5.41, 5.74) is 6.55. The highest BCUT2D eigenvalue weighted by atomic mass is 16.6. The first-order valence-corrected chi connectivity index (χ1v) is 12.1. The number of nitro benzene ring substituents is 2. The Kier molecular flexibility index (Phi) is 5.56. The van der Waals surface area contributed by atoms with Crippen molar-refractivity contribution in [2.75, 3.05) is 5.32 Å². The number of fused-ring (bicyclic) bond motifs is 5. The van der Waals surface area contributed by atoms with Gasteiger partial charge in [-0.05, 0) is 70.5 Å². The largest absolute Gasteiger partial charge is 0.489 e. The van der Waals surface area contributed by atoms with Crippen molar-refractivity contribution >= 4 is 17.1 Å². The summed E-state index contributed by atoms with van der Waals surface area (Å²) in [6.07, 6.45) is 0.888. The molecule has 1 aliphatic heterocycles. The van der Waals surface area contributed by atoms with Crippen molar-refractivity contribution in [1.82, 2.24) is 0 Å². The van der Waals surface area contributed by atoms with E-state index in [9.17, 15) is 20.2 Å². The Labute approximate surface area is 212 Å². The first kappa shape index (κ1) is 22.7. The minimum absolute atomic E-state index is 0.0371. The molecular weight excluding hydrogens is 470 g/mol. The van der Waals surface area contributed by atoms with Crippen LogP contribution in [0.2, 0.25) is 0 Å². The monoisotopic (exact) mass is 493 g/mol. The second-order valence-corrected chi connectivity index (χ2v) is 9.48. The molecule has 0 saturated heterocycles. The maximum Gasteiger partial charge on any atom is 0.269 e. The van der Waals surface area contributed by atoms with Crippen molar-refractivity contribution in [3.8, 4) is 5.75 Å². The fourth-order valence-electron chi connectivity index (χ4n) is 5.64. The lowest BCUT2D eigenvalue weighted by Gasteiger charge is -2.38. The molecule has 0 unspecified atom stereocenters. The molecular formula is C29H23N3O5. The lowest BCUT2D eigenvalue weighted by atomic mass is 9.75. The second-order valence-electron chi connectivity index (χ2n) is 9.48. The molecule has 0 radical (unpaired) electrons. The van der Waals surface area contributed by atoms with Crippen LogP contribution in [-0.2, 0) is 13.0 Å². The van der Waals surface area contributed by atoms with E-state index in [4.69, 9.17) is 4.74 Å². The third-order valence-corrected chi connectivity index (χ3v) is 7.39. The molecule has 1 aliphatic carbocycles. The van der Waals surface area contributed by atoms with Crippen LogP contribution < -0.4 is 10.1 Å². The maximum absolute atomic E-state index is 11.5. The van der Waals surface area contributed by atoms with E-state index in [0.717, 1.165) is 28.8 Å². The zero-order chi connectivity index (χ0) is 25.5. The van der Waals surface area contributed by atoms with Gasteiger partial charge in [0.25, 0.3) is 11.4 Å². The summed E-state index contributed by atoms with van der Waals surface area (Å²) in [6, 6.07) is 27.8. The Morgan fingerprint density at radius 1 is 0.811 bits per heavy atom. The van der Waals surface area contributed by atoms with Crippen LogP contribution in [0.3, 0.4) is 0 Å². The summed E-state index contributed by atoms with van der Waals surface area (Å²) in [4.78, 5) is 21.6. The van der Waals surface area contributed by atoms with Crippen LogP contribution in [-0.4, -0.2) is 9.85 Å². The van der Waals surface area contributed by atoms with Crippen LogP contribution in [0.1, 0.15) is 39.8 Å². The zero-order valence-electron chi connectivity index (χ0n) is 19.7. The average Bonchev–Trinajstić information content (AvgIpc) is 3.32. The van der Waals surface area contributed by atoms with Gasteiger partial charge in [0.1, 0.15) is 12.4 Å². The van der Waals surface area contributed by atoms with Gasteiger partial charge in [0.15, 0.2) is 0 Å². The van der Waals surface area contributed by atoms with Gasteiger partial charge in [0.2, 0.25) is 0 Å². The standard InChI is InChI=1S/C29H23N3O5/c33-31(34)21-9-5-18(6-10-21)17-37-23-12-7-19(8-13-23)29-26-15-20-3-1-2-4-24(20)28(26)25-16-22(32(35)36)11-14-27(25)30-29/h1-14,16,26,28-30H,15,17H2/t26-,28-,29-/m0/s1. The van der Waals surface area contributed by atoms with Crippen molar-refractivity contribution in [2.45, 2.75) is 25.0 Å². The van der Waals surface area contributed by atoms with Gasteiger partial charge in [0, 0.05) is 35.9 Å². The number of nitrogens with zero attached hydrogens (tertiary/aromatic N) is 2. The maximum atomic E-state index is 11.5. The molecule has 6 rings (SSSR count). The van der Waals surface area contributed by atoms with Crippen molar-refractivity contribution in [1.29, 1.82) is 0 Å². The molecule has 0 bridgehead atoms. The fourth-order valence-corrected chi connectivity index (χ4v) is 5.64. The van der Waals surface area contributed by atoms with Gasteiger partial charge < -0.3 is 10.1 Å². The number of ether oxygens (including phenoxy) is 1. The van der Waals surface area contributed by atoms with E-state index < -0.39 is 4.92 Å². The summed E-state index contributed by atoms with van der Waals surface area (Å²) in [7, 11) is 0. The van der Waals surface area contributed by atoms with Crippen LogP contribution in [0, 0.1) is 26.1 Å². The highest BCUT2D eigenvalue weighted by Gasteiger charge is 2.43. The molecule has 0 amide bonds. The number of anilines is 1. The predicted molar refractivity (Wildman–Crippen MR) is 139 cm³/mol. The first-order valence-electron chi connectivity index (χ1n) is 12.1. The van der Waals surface area contributed by atoms with E-state index in [0.29, 0.717) is 12.4 Å². The van der Waals surface area contributed by atoms with Crippen LogP contribution in [0.5, 0.6) is 5.75 Å². The molecule has 2 aliphatic rings. The van der Waals surface area contributed by atoms with E-state index in [1.165, 1.54) is 23.3 Å². The summed E-state index contributed by atoms with van der Waals surface area (Å²) in [5.74, 6) is 1.01. The predicted octanol–water partition coefficient (Wildman–Crippen LogP) is 6.55. The lowest BCUT2D eigenvalue weighted by Crippen LogP contribution is -2.30. The topological polar surface area (TPSA) is 108 Å². The van der Waals surface area contributed by atoms with Gasteiger partial charge in [-0.25, -0.2) is 0 Å². The van der Waals surface area contributed by atoms with E-state index in [1.807, 2.05) is 30.3 Å². The number of nitrogens with one attached hydrogen (secondary N) is 1. The number of hydrogen-bond donors (Lipinski definition) is 1. The highest BCUT2D eigenvalue weighted by molar-refractivity contribution is 5.65.